The predicted octanol–water partition coefficient (Wildman–Crippen LogP) is 7.54. The van der Waals surface area contributed by atoms with E-state index in [2.05, 4.69) is 93.7 Å². The second-order valence-electron chi connectivity index (χ2n) is 11.3. The molecule has 0 N–H and O–H groups in total. The van der Waals surface area contributed by atoms with E-state index in [4.69, 9.17) is 15.0 Å². The third kappa shape index (κ3) is 3.23. The van der Waals surface area contributed by atoms with E-state index in [1.165, 1.54) is 27.5 Å². The highest BCUT2D eigenvalue weighted by molar-refractivity contribution is 7.08. The fourth-order valence-corrected chi connectivity index (χ4v) is 10.6. The SMILES string of the molecule is CC1(C)C2=C(c3ccccc31)[Si](C)(C)c1c2cccc1-c1nc(-c2ccccc2)nc(-c2ccccc2)n1. The van der Waals surface area contributed by atoms with Crippen LogP contribution in [0.3, 0.4) is 0 Å². The van der Waals surface area contributed by atoms with Gasteiger partial charge in [0.1, 0.15) is 8.07 Å². The fourth-order valence-electron chi connectivity index (χ4n) is 6.62. The summed E-state index contributed by atoms with van der Waals surface area (Å²) in [6.07, 6.45) is 0. The van der Waals surface area contributed by atoms with Gasteiger partial charge in [0, 0.05) is 22.1 Å². The molecule has 7 rings (SSSR count). The summed E-state index contributed by atoms with van der Waals surface area (Å²) in [5.74, 6) is 2.16. The summed E-state index contributed by atoms with van der Waals surface area (Å²) >= 11 is 0. The second kappa shape index (κ2) is 8.17. The lowest BCUT2D eigenvalue weighted by atomic mass is 9.78. The highest BCUT2D eigenvalue weighted by Gasteiger charge is 2.51. The monoisotopic (exact) mass is 507 g/mol. The molecule has 1 aliphatic heterocycles. The van der Waals surface area contributed by atoms with Gasteiger partial charge in [0.25, 0.3) is 0 Å². The Morgan fingerprint density at radius 2 is 1.03 bits per heavy atom. The summed E-state index contributed by atoms with van der Waals surface area (Å²) in [6.45, 7) is 9.75. The lowest BCUT2D eigenvalue weighted by molar-refractivity contribution is 0.704. The van der Waals surface area contributed by atoms with Crippen LogP contribution in [0.15, 0.2) is 103 Å². The van der Waals surface area contributed by atoms with Crippen molar-refractivity contribution in [2.75, 3.05) is 0 Å². The lowest BCUT2D eigenvalue weighted by Crippen LogP contribution is -2.42. The van der Waals surface area contributed by atoms with Gasteiger partial charge in [-0.15, -0.1) is 0 Å². The molecule has 4 aromatic carbocycles. The first-order valence-electron chi connectivity index (χ1n) is 13.2. The molecule has 1 aliphatic carbocycles. The maximum atomic E-state index is 5.10. The summed E-state index contributed by atoms with van der Waals surface area (Å²) < 4.78 is 0. The van der Waals surface area contributed by atoms with Gasteiger partial charge in [0.2, 0.25) is 0 Å². The molecule has 5 aromatic rings. The molecule has 2 heterocycles. The molecule has 0 spiro atoms. The molecule has 0 saturated heterocycles. The molecule has 0 fully saturated rings. The molecule has 2 aliphatic rings. The van der Waals surface area contributed by atoms with E-state index >= 15 is 0 Å². The predicted molar refractivity (Wildman–Crippen MR) is 160 cm³/mol. The molecule has 4 heteroatoms. The molecule has 0 amide bonds. The van der Waals surface area contributed by atoms with Crippen molar-refractivity contribution >= 4 is 24.0 Å². The Labute approximate surface area is 225 Å². The summed E-state index contributed by atoms with van der Waals surface area (Å²) in [4.78, 5) is 15.1. The summed E-state index contributed by atoms with van der Waals surface area (Å²) in [7, 11) is -2.07. The van der Waals surface area contributed by atoms with E-state index in [-0.39, 0.29) is 5.41 Å². The normalized spacial score (nSPS) is 16.2. The standard InChI is InChI=1S/C34H29N3Si/c1-34(2)27-21-12-11-18-24(27)30-28(34)25-19-13-20-26(29(25)38(30,3)4)33-36-31(22-14-7-5-8-15-22)35-32(37-33)23-16-9-6-10-17-23/h5-21H,1-4H3. The first-order valence-corrected chi connectivity index (χ1v) is 16.2. The number of benzene rings is 4. The highest BCUT2D eigenvalue weighted by Crippen LogP contribution is 2.57. The van der Waals surface area contributed by atoms with Gasteiger partial charge in [0.15, 0.2) is 17.5 Å². The topological polar surface area (TPSA) is 38.7 Å². The van der Waals surface area contributed by atoms with Crippen LogP contribution >= 0.6 is 0 Å². The van der Waals surface area contributed by atoms with Gasteiger partial charge >= 0.3 is 0 Å². The van der Waals surface area contributed by atoms with Crippen LogP contribution in [0.25, 0.3) is 44.9 Å². The Hall–Kier alpha value is -4.15. The van der Waals surface area contributed by atoms with Crippen molar-refractivity contribution in [3.8, 4) is 34.2 Å². The van der Waals surface area contributed by atoms with E-state index in [9.17, 15) is 0 Å². The number of hydrogen-bond donors (Lipinski definition) is 0. The van der Waals surface area contributed by atoms with Crippen LogP contribution in [0.5, 0.6) is 0 Å². The van der Waals surface area contributed by atoms with Gasteiger partial charge in [-0.25, -0.2) is 15.0 Å². The smallest absolute Gasteiger partial charge is 0.164 e. The molecule has 0 unspecified atom stereocenters. The number of fused-ring (bicyclic) bond motifs is 4. The van der Waals surface area contributed by atoms with Gasteiger partial charge in [0.05, 0.1) is 0 Å². The molecular formula is C34H29N3Si. The van der Waals surface area contributed by atoms with Gasteiger partial charge in [-0.3, -0.25) is 0 Å². The van der Waals surface area contributed by atoms with Crippen LogP contribution in [-0.4, -0.2) is 23.0 Å². The van der Waals surface area contributed by atoms with Crippen LogP contribution in [0, 0.1) is 0 Å². The van der Waals surface area contributed by atoms with Gasteiger partial charge < -0.3 is 0 Å². The molecule has 38 heavy (non-hydrogen) atoms. The number of nitrogens with zero attached hydrogens (tertiary/aromatic N) is 3. The van der Waals surface area contributed by atoms with E-state index in [1.807, 2.05) is 36.4 Å². The average Bonchev–Trinajstić information content (AvgIpc) is 3.36. The third-order valence-electron chi connectivity index (χ3n) is 8.27. The van der Waals surface area contributed by atoms with Crippen molar-refractivity contribution in [3.05, 3.63) is 120 Å². The van der Waals surface area contributed by atoms with E-state index in [0.29, 0.717) is 11.6 Å². The van der Waals surface area contributed by atoms with Crippen LogP contribution in [0.2, 0.25) is 13.1 Å². The maximum Gasteiger partial charge on any atom is 0.164 e. The molecule has 0 bridgehead atoms. The summed E-state index contributed by atoms with van der Waals surface area (Å²) in [5.41, 5.74) is 8.83. The minimum absolute atomic E-state index is 0.0381. The highest BCUT2D eigenvalue weighted by atomic mass is 28.3. The molecule has 0 saturated carbocycles. The van der Waals surface area contributed by atoms with Gasteiger partial charge in [-0.1, -0.05) is 130 Å². The number of aromatic nitrogens is 3. The molecule has 184 valence electrons. The number of hydrogen-bond acceptors (Lipinski definition) is 3. The van der Waals surface area contributed by atoms with Crippen molar-refractivity contribution in [1.29, 1.82) is 0 Å². The number of allylic oxidation sites excluding steroid dienone is 1. The van der Waals surface area contributed by atoms with Crippen molar-refractivity contribution < 1.29 is 0 Å². The van der Waals surface area contributed by atoms with Crippen LogP contribution < -0.4 is 5.19 Å². The minimum atomic E-state index is -2.07. The second-order valence-corrected chi connectivity index (χ2v) is 15.6. The Kier molecular flexibility index (Phi) is 4.95. The first kappa shape index (κ1) is 23.0. The fraction of sp³-hybridized carbons (Fsp3) is 0.147. The van der Waals surface area contributed by atoms with Crippen molar-refractivity contribution in [2.24, 2.45) is 0 Å². The van der Waals surface area contributed by atoms with Crippen molar-refractivity contribution in [2.45, 2.75) is 32.4 Å². The Morgan fingerprint density at radius 1 is 0.526 bits per heavy atom. The first-order chi connectivity index (χ1) is 18.4. The molecular weight excluding hydrogens is 478 g/mol. The minimum Gasteiger partial charge on any atom is -0.208 e. The Bertz CT molecular complexity index is 1690. The molecule has 0 atom stereocenters. The number of rotatable bonds is 3. The van der Waals surface area contributed by atoms with Crippen LogP contribution in [-0.2, 0) is 5.41 Å². The summed E-state index contributed by atoms with van der Waals surface area (Å²) in [6, 6.07) is 36.2. The molecule has 3 nitrogen and oxygen atoms in total. The summed E-state index contributed by atoms with van der Waals surface area (Å²) in [5, 5.41) is 3.01. The Morgan fingerprint density at radius 3 is 1.66 bits per heavy atom. The van der Waals surface area contributed by atoms with Gasteiger partial charge in [-0.05, 0) is 32.6 Å². The van der Waals surface area contributed by atoms with Gasteiger partial charge in [-0.2, -0.15) is 0 Å². The largest absolute Gasteiger partial charge is 0.208 e. The van der Waals surface area contributed by atoms with Crippen molar-refractivity contribution in [1.82, 2.24) is 15.0 Å². The van der Waals surface area contributed by atoms with Crippen molar-refractivity contribution in [3.63, 3.8) is 0 Å². The quantitative estimate of drug-likeness (QED) is 0.237. The lowest BCUT2D eigenvalue weighted by Gasteiger charge is -2.28. The maximum absolute atomic E-state index is 5.10. The zero-order chi connectivity index (χ0) is 26.1. The van der Waals surface area contributed by atoms with Crippen LogP contribution in [0.1, 0.15) is 30.5 Å². The zero-order valence-corrected chi connectivity index (χ0v) is 23.2. The van der Waals surface area contributed by atoms with Crippen LogP contribution in [0.4, 0.5) is 0 Å². The average molecular weight is 508 g/mol. The Balaban J connectivity index is 1.48. The molecule has 1 aromatic heterocycles. The third-order valence-corrected chi connectivity index (χ3v) is 11.8. The van der Waals surface area contributed by atoms with E-state index in [1.54, 1.807) is 5.20 Å². The molecule has 0 radical (unpaired) electrons. The zero-order valence-electron chi connectivity index (χ0n) is 22.2. The van der Waals surface area contributed by atoms with E-state index < -0.39 is 8.07 Å². The van der Waals surface area contributed by atoms with E-state index in [0.717, 1.165) is 22.5 Å².